The SMILES string of the molecule is O=C1OCC[C@@H]1N1CCC(C(=O)N2CCCCCC2)CC1. The van der Waals surface area contributed by atoms with Crippen LogP contribution in [0.4, 0.5) is 0 Å². The molecule has 0 aromatic heterocycles. The van der Waals surface area contributed by atoms with Gasteiger partial charge in [-0.05, 0) is 38.8 Å². The van der Waals surface area contributed by atoms with E-state index in [1.807, 2.05) is 0 Å². The van der Waals surface area contributed by atoms with Gasteiger partial charge in [0.05, 0.1) is 6.61 Å². The molecule has 3 heterocycles. The Morgan fingerprint density at radius 1 is 0.952 bits per heavy atom. The van der Waals surface area contributed by atoms with E-state index in [2.05, 4.69) is 9.80 Å². The van der Waals surface area contributed by atoms with Crippen molar-refractivity contribution in [3.05, 3.63) is 0 Å². The highest BCUT2D eigenvalue weighted by Gasteiger charge is 2.36. The zero-order chi connectivity index (χ0) is 14.7. The van der Waals surface area contributed by atoms with Gasteiger partial charge >= 0.3 is 5.97 Å². The van der Waals surface area contributed by atoms with Gasteiger partial charge in [-0.3, -0.25) is 14.5 Å². The summed E-state index contributed by atoms with van der Waals surface area (Å²) in [5.74, 6) is 0.439. The number of likely N-dealkylation sites (tertiary alicyclic amines) is 2. The highest BCUT2D eigenvalue weighted by atomic mass is 16.5. The normalized spacial score (nSPS) is 29.2. The molecule has 0 spiro atoms. The van der Waals surface area contributed by atoms with Gasteiger partial charge in [-0.15, -0.1) is 0 Å². The molecule has 0 aromatic rings. The number of amides is 1. The van der Waals surface area contributed by atoms with E-state index in [0.717, 1.165) is 58.3 Å². The smallest absolute Gasteiger partial charge is 0.323 e. The molecule has 0 unspecified atom stereocenters. The molecule has 1 atom stereocenters. The Morgan fingerprint density at radius 2 is 1.62 bits per heavy atom. The van der Waals surface area contributed by atoms with Crippen molar-refractivity contribution in [3.8, 4) is 0 Å². The number of esters is 1. The summed E-state index contributed by atoms with van der Waals surface area (Å²) in [5.41, 5.74) is 0. The molecule has 5 heteroatoms. The number of hydrogen-bond donors (Lipinski definition) is 0. The van der Waals surface area contributed by atoms with E-state index in [9.17, 15) is 9.59 Å². The fourth-order valence-corrected chi connectivity index (χ4v) is 3.82. The van der Waals surface area contributed by atoms with Gasteiger partial charge in [-0.25, -0.2) is 0 Å². The van der Waals surface area contributed by atoms with Gasteiger partial charge in [0.25, 0.3) is 0 Å². The van der Waals surface area contributed by atoms with Crippen LogP contribution in [0.25, 0.3) is 0 Å². The molecular weight excluding hydrogens is 268 g/mol. The summed E-state index contributed by atoms with van der Waals surface area (Å²) in [4.78, 5) is 28.5. The van der Waals surface area contributed by atoms with Gasteiger partial charge in [0.1, 0.15) is 6.04 Å². The largest absolute Gasteiger partial charge is 0.464 e. The maximum absolute atomic E-state index is 12.6. The second-order valence-corrected chi connectivity index (χ2v) is 6.52. The monoisotopic (exact) mass is 294 g/mol. The van der Waals surface area contributed by atoms with Crippen molar-refractivity contribution in [1.29, 1.82) is 0 Å². The van der Waals surface area contributed by atoms with Crippen molar-refractivity contribution >= 4 is 11.9 Å². The number of nitrogens with zero attached hydrogens (tertiary/aromatic N) is 2. The van der Waals surface area contributed by atoms with Crippen molar-refractivity contribution in [2.24, 2.45) is 5.92 Å². The Morgan fingerprint density at radius 3 is 2.19 bits per heavy atom. The highest BCUT2D eigenvalue weighted by Crippen LogP contribution is 2.25. The average molecular weight is 294 g/mol. The average Bonchev–Trinajstić information content (AvgIpc) is 2.78. The van der Waals surface area contributed by atoms with Gasteiger partial charge in [0.2, 0.25) is 5.91 Å². The van der Waals surface area contributed by atoms with Crippen LogP contribution >= 0.6 is 0 Å². The lowest BCUT2D eigenvalue weighted by Crippen LogP contribution is -2.47. The predicted octanol–water partition coefficient (Wildman–Crippen LogP) is 1.42. The van der Waals surface area contributed by atoms with Crippen molar-refractivity contribution in [2.45, 2.75) is 51.0 Å². The number of carbonyl (C=O) groups excluding carboxylic acids is 2. The lowest BCUT2D eigenvalue weighted by molar-refractivity contribution is -0.143. The molecule has 21 heavy (non-hydrogen) atoms. The molecule has 0 bridgehead atoms. The quantitative estimate of drug-likeness (QED) is 0.723. The summed E-state index contributed by atoms with van der Waals surface area (Å²) in [6.45, 7) is 4.13. The zero-order valence-corrected chi connectivity index (χ0v) is 12.8. The Balaban J connectivity index is 1.50. The van der Waals surface area contributed by atoms with E-state index in [4.69, 9.17) is 4.74 Å². The summed E-state index contributed by atoms with van der Waals surface area (Å²) < 4.78 is 5.05. The second-order valence-electron chi connectivity index (χ2n) is 6.52. The van der Waals surface area contributed by atoms with Crippen LogP contribution in [0.3, 0.4) is 0 Å². The number of hydrogen-bond acceptors (Lipinski definition) is 4. The second kappa shape index (κ2) is 6.77. The molecular formula is C16H26N2O3. The maximum atomic E-state index is 12.6. The first-order chi connectivity index (χ1) is 10.3. The van der Waals surface area contributed by atoms with E-state index >= 15 is 0 Å². The summed E-state index contributed by atoms with van der Waals surface area (Å²) in [6, 6.07) is -0.0563. The van der Waals surface area contributed by atoms with Crippen LogP contribution in [0.15, 0.2) is 0 Å². The van der Waals surface area contributed by atoms with Gasteiger partial charge in [0, 0.05) is 25.4 Å². The Hall–Kier alpha value is -1.10. The van der Waals surface area contributed by atoms with Crippen molar-refractivity contribution in [2.75, 3.05) is 32.8 Å². The lowest BCUT2D eigenvalue weighted by atomic mass is 9.94. The third kappa shape index (κ3) is 3.39. The lowest BCUT2D eigenvalue weighted by Gasteiger charge is -2.35. The first kappa shape index (κ1) is 14.8. The molecule has 0 N–H and O–H groups in total. The molecule has 0 saturated carbocycles. The van der Waals surface area contributed by atoms with E-state index in [1.54, 1.807) is 0 Å². The first-order valence-corrected chi connectivity index (χ1v) is 8.45. The molecule has 0 aromatic carbocycles. The van der Waals surface area contributed by atoms with Crippen LogP contribution in [0.1, 0.15) is 44.9 Å². The van der Waals surface area contributed by atoms with Crippen molar-refractivity contribution in [1.82, 2.24) is 9.80 Å². The van der Waals surface area contributed by atoms with Gasteiger partial charge in [0.15, 0.2) is 0 Å². The first-order valence-electron chi connectivity index (χ1n) is 8.45. The number of piperidine rings is 1. The molecule has 3 rings (SSSR count). The molecule has 3 saturated heterocycles. The molecule has 5 nitrogen and oxygen atoms in total. The number of cyclic esters (lactones) is 1. The molecule has 3 aliphatic rings. The molecule has 118 valence electrons. The minimum absolute atomic E-state index is 0.0563. The van der Waals surface area contributed by atoms with Gasteiger partial charge in [-0.1, -0.05) is 12.8 Å². The van der Waals surface area contributed by atoms with Crippen LogP contribution in [0, 0.1) is 5.92 Å². The fraction of sp³-hybridized carbons (Fsp3) is 0.875. The van der Waals surface area contributed by atoms with Crippen molar-refractivity contribution in [3.63, 3.8) is 0 Å². The molecule has 1 amide bonds. The third-order valence-electron chi connectivity index (χ3n) is 5.14. The summed E-state index contributed by atoms with van der Waals surface area (Å²) >= 11 is 0. The number of ether oxygens (including phenoxy) is 1. The molecule has 0 radical (unpaired) electrons. The molecule has 3 fully saturated rings. The topological polar surface area (TPSA) is 49.9 Å². The van der Waals surface area contributed by atoms with Crippen LogP contribution in [0.2, 0.25) is 0 Å². The number of rotatable bonds is 2. The van der Waals surface area contributed by atoms with Crippen molar-refractivity contribution < 1.29 is 14.3 Å². The van der Waals surface area contributed by atoms with E-state index in [-0.39, 0.29) is 17.9 Å². The van der Waals surface area contributed by atoms with E-state index < -0.39 is 0 Å². The molecule has 3 aliphatic heterocycles. The summed E-state index contributed by atoms with van der Waals surface area (Å²) in [7, 11) is 0. The highest BCUT2D eigenvalue weighted by molar-refractivity contribution is 5.79. The Labute approximate surface area is 126 Å². The Bertz CT molecular complexity index is 383. The summed E-state index contributed by atoms with van der Waals surface area (Å²) in [5, 5.41) is 0. The summed E-state index contributed by atoms with van der Waals surface area (Å²) in [6.07, 6.45) is 7.40. The van der Waals surface area contributed by atoms with Crippen LogP contribution in [-0.4, -0.2) is 60.5 Å². The standard InChI is InChI=1S/C16H26N2O3/c19-15(18-8-3-1-2-4-9-18)13-5-10-17(11-6-13)14-7-12-21-16(14)20/h13-14H,1-12H2/t14-/m0/s1. The van der Waals surface area contributed by atoms with Crippen LogP contribution in [-0.2, 0) is 14.3 Å². The fourth-order valence-electron chi connectivity index (χ4n) is 3.82. The number of carbonyl (C=O) groups is 2. The minimum Gasteiger partial charge on any atom is -0.464 e. The third-order valence-corrected chi connectivity index (χ3v) is 5.14. The van der Waals surface area contributed by atoms with Gasteiger partial charge in [-0.2, -0.15) is 0 Å². The van der Waals surface area contributed by atoms with E-state index in [1.165, 1.54) is 12.8 Å². The maximum Gasteiger partial charge on any atom is 0.323 e. The van der Waals surface area contributed by atoms with Crippen LogP contribution in [0.5, 0.6) is 0 Å². The Kier molecular flexibility index (Phi) is 4.78. The van der Waals surface area contributed by atoms with E-state index in [0.29, 0.717) is 12.5 Å². The zero-order valence-electron chi connectivity index (χ0n) is 12.8. The minimum atomic E-state index is -0.0766. The predicted molar refractivity (Wildman–Crippen MR) is 78.7 cm³/mol. The molecule has 0 aliphatic carbocycles. The van der Waals surface area contributed by atoms with Crippen LogP contribution < -0.4 is 0 Å². The van der Waals surface area contributed by atoms with Gasteiger partial charge < -0.3 is 9.64 Å².